The van der Waals surface area contributed by atoms with E-state index in [0.717, 1.165) is 0 Å². The molecule has 0 atom stereocenters. The van der Waals surface area contributed by atoms with Gasteiger partial charge in [0.15, 0.2) is 11.6 Å². The summed E-state index contributed by atoms with van der Waals surface area (Å²) in [5.41, 5.74) is 0. The van der Waals surface area contributed by atoms with E-state index in [4.69, 9.17) is 11.6 Å². The summed E-state index contributed by atoms with van der Waals surface area (Å²) >= 11 is 8.85. The van der Waals surface area contributed by atoms with Crippen molar-refractivity contribution in [2.45, 2.75) is 19.9 Å². The molecule has 15 heavy (non-hydrogen) atoms. The standard InChI is InChI=1S/C10H13BrClFN2/c1-7(2)15(4-3-12)10-9(13)5-8(11)6-14-10/h5-7H,3-4H2,1-2H3. The molecule has 1 aromatic rings. The van der Waals surface area contributed by atoms with Gasteiger partial charge in [-0.1, -0.05) is 0 Å². The highest BCUT2D eigenvalue weighted by molar-refractivity contribution is 9.10. The van der Waals surface area contributed by atoms with E-state index in [1.54, 1.807) is 6.20 Å². The molecule has 2 nitrogen and oxygen atoms in total. The van der Waals surface area contributed by atoms with Crippen LogP contribution in [0.4, 0.5) is 10.2 Å². The minimum Gasteiger partial charge on any atom is -0.351 e. The molecule has 0 aromatic carbocycles. The van der Waals surface area contributed by atoms with Gasteiger partial charge in [0.25, 0.3) is 0 Å². The zero-order chi connectivity index (χ0) is 11.4. The fourth-order valence-electron chi connectivity index (χ4n) is 1.32. The summed E-state index contributed by atoms with van der Waals surface area (Å²) in [6.45, 7) is 4.55. The van der Waals surface area contributed by atoms with Gasteiger partial charge in [-0.3, -0.25) is 0 Å². The zero-order valence-corrected chi connectivity index (χ0v) is 11.0. The maximum atomic E-state index is 13.6. The summed E-state index contributed by atoms with van der Waals surface area (Å²) in [6, 6.07) is 1.58. The second kappa shape index (κ2) is 5.66. The number of aromatic nitrogens is 1. The molecule has 0 fully saturated rings. The third kappa shape index (κ3) is 3.31. The molecule has 0 saturated carbocycles. The largest absolute Gasteiger partial charge is 0.351 e. The molecule has 0 spiro atoms. The van der Waals surface area contributed by atoms with Gasteiger partial charge in [0.2, 0.25) is 0 Å². The van der Waals surface area contributed by atoms with Crippen LogP contribution in [0.2, 0.25) is 0 Å². The average molecular weight is 296 g/mol. The summed E-state index contributed by atoms with van der Waals surface area (Å²) in [5, 5.41) is 0. The molecule has 1 heterocycles. The number of rotatable bonds is 4. The van der Waals surface area contributed by atoms with Crippen molar-refractivity contribution in [1.29, 1.82) is 0 Å². The van der Waals surface area contributed by atoms with Crippen LogP contribution in [-0.2, 0) is 0 Å². The van der Waals surface area contributed by atoms with Crippen LogP contribution in [0.15, 0.2) is 16.7 Å². The van der Waals surface area contributed by atoms with Crippen molar-refractivity contribution in [3.8, 4) is 0 Å². The Morgan fingerprint density at radius 3 is 2.73 bits per heavy atom. The summed E-state index contributed by atoms with van der Waals surface area (Å²) < 4.78 is 14.2. The molecule has 84 valence electrons. The summed E-state index contributed by atoms with van der Waals surface area (Å²) in [5.74, 6) is 0.479. The van der Waals surface area contributed by atoms with Gasteiger partial charge in [-0.2, -0.15) is 0 Å². The number of anilines is 1. The number of halogens is 3. The van der Waals surface area contributed by atoms with E-state index >= 15 is 0 Å². The van der Waals surface area contributed by atoms with Crippen molar-refractivity contribution < 1.29 is 4.39 Å². The SMILES string of the molecule is CC(C)N(CCCl)c1ncc(Br)cc1F. The van der Waals surface area contributed by atoms with E-state index in [1.165, 1.54) is 6.07 Å². The molecule has 5 heteroatoms. The van der Waals surface area contributed by atoms with Crippen LogP contribution in [0.1, 0.15) is 13.8 Å². The smallest absolute Gasteiger partial charge is 0.166 e. The predicted molar refractivity (Wildman–Crippen MR) is 65.1 cm³/mol. The lowest BCUT2D eigenvalue weighted by atomic mass is 10.3. The fraction of sp³-hybridized carbons (Fsp3) is 0.500. The fourth-order valence-corrected chi connectivity index (χ4v) is 1.80. The molecule has 0 radical (unpaired) electrons. The van der Waals surface area contributed by atoms with E-state index in [9.17, 15) is 4.39 Å². The Hall–Kier alpha value is -0.350. The molecular weight excluding hydrogens is 282 g/mol. The molecular formula is C10H13BrClFN2. The number of hydrogen-bond acceptors (Lipinski definition) is 2. The van der Waals surface area contributed by atoms with Gasteiger partial charge in [0, 0.05) is 29.1 Å². The summed E-state index contributed by atoms with van der Waals surface area (Å²) in [6.07, 6.45) is 1.59. The summed E-state index contributed by atoms with van der Waals surface area (Å²) in [4.78, 5) is 5.91. The van der Waals surface area contributed by atoms with E-state index < -0.39 is 0 Å². The first-order valence-electron chi connectivity index (χ1n) is 4.70. The topological polar surface area (TPSA) is 16.1 Å². The predicted octanol–water partition coefficient (Wildman–Crippen LogP) is 3.44. The van der Waals surface area contributed by atoms with Gasteiger partial charge in [-0.05, 0) is 35.8 Å². The number of hydrogen-bond donors (Lipinski definition) is 0. The Kier molecular flexibility index (Phi) is 4.80. The van der Waals surface area contributed by atoms with Gasteiger partial charge in [0.1, 0.15) is 0 Å². The Morgan fingerprint density at radius 2 is 2.27 bits per heavy atom. The molecule has 1 aromatic heterocycles. The Bertz CT molecular complexity index is 333. The van der Waals surface area contributed by atoms with Crippen molar-refractivity contribution in [2.75, 3.05) is 17.3 Å². The zero-order valence-electron chi connectivity index (χ0n) is 8.67. The van der Waals surface area contributed by atoms with Crippen molar-refractivity contribution in [2.24, 2.45) is 0 Å². The third-order valence-electron chi connectivity index (χ3n) is 2.01. The average Bonchev–Trinajstić information content (AvgIpc) is 2.15. The van der Waals surface area contributed by atoms with Gasteiger partial charge >= 0.3 is 0 Å². The van der Waals surface area contributed by atoms with Crippen LogP contribution >= 0.6 is 27.5 Å². The molecule has 0 aliphatic carbocycles. The monoisotopic (exact) mass is 294 g/mol. The van der Waals surface area contributed by atoms with Gasteiger partial charge < -0.3 is 4.90 Å². The highest BCUT2D eigenvalue weighted by Crippen LogP contribution is 2.21. The first-order valence-corrected chi connectivity index (χ1v) is 6.02. The van der Waals surface area contributed by atoms with Crippen LogP contribution in [0, 0.1) is 5.82 Å². The lowest BCUT2D eigenvalue weighted by molar-refractivity contribution is 0.594. The van der Waals surface area contributed by atoms with Crippen LogP contribution < -0.4 is 4.90 Å². The van der Waals surface area contributed by atoms with Crippen LogP contribution in [0.5, 0.6) is 0 Å². The lowest BCUT2D eigenvalue weighted by Crippen LogP contribution is -2.34. The van der Waals surface area contributed by atoms with Gasteiger partial charge in [-0.15, -0.1) is 11.6 Å². The van der Waals surface area contributed by atoms with Gasteiger partial charge in [0.05, 0.1) is 0 Å². The number of alkyl halides is 1. The summed E-state index contributed by atoms with van der Waals surface area (Å²) in [7, 11) is 0. The number of nitrogens with zero attached hydrogens (tertiary/aromatic N) is 2. The van der Waals surface area contributed by atoms with E-state index in [0.29, 0.717) is 22.7 Å². The molecule has 1 rings (SSSR count). The number of pyridine rings is 1. The van der Waals surface area contributed by atoms with Crippen molar-refractivity contribution in [1.82, 2.24) is 4.98 Å². The van der Waals surface area contributed by atoms with E-state index in [1.807, 2.05) is 18.7 Å². The highest BCUT2D eigenvalue weighted by Gasteiger charge is 2.15. The maximum absolute atomic E-state index is 13.6. The quantitative estimate of drug-likeness (QED) is 0.791. The molecule has 0 N–H and O–H groups in total. The molecule has 0 aliphatic heterocycles. The normalized spacial score (nSPS) is 10.8. The molecule has 0 unspecified atom stereocenters. The van der Waals surface area contributed by atoms with E-state index in [2.05, 4.69) is 20.9 Å². The molecule has 0 saturated heterocycles. The lowest BCUT2D eigenvalue weighted by Gasteiger charge is -2.27. The van der Waals surface area contributed by atoms with Gasteiger partial charge in [-0.25, -0.2) is 9.37 Å². The Labute approximate surface area is 103 Å². The molecule has 0 aliphatic rings. The second-order valence-electron chi connectivity index (χ2n) is 3.44. The highest BCUT2D eigenvalue weighted by atomic mass is 79.9. The second-order valence-corrected chi connectivity index (χ2v) is 4.73. The molecule has 0 bridgehead atoms. The van der Waals surface area contributed by atoms with Crippen LogP contribution in [-0.4, -0.2) is 23.5 Å². The first kappa shape index (κ1) is 12.7. The maximum Gasteiger partial charge on any atom is 0.166 e. The van der Waals surface area contributed by atoms with Crippen molar-refractivity contribution in [3.63, 3.8) is 0 Å². The third-order valence-corrected chi connectivity index (χ3v) is 2.61. The Morgan fingerprint density at radius 1 is 1.60 bits per heavy atom. The minimum atomic E-state index is -0.330. The van der Waals surface area contributed by atoms with Crippen LogP contribution in [0.3, 0.4) is 0 Å². The van der Waals surface area contributed by atoms with E-state index in [-0.39, 0.29) is 11.9 Å². The first-order chi connectivity index (χ1) is 7.06. The van der Waals surface area contributed by atoms with Crippen molar-refractivity contribution in [3.05, 3.63) is 22.6 Å². The van der Waals surface area contributed by atoms with Crippen LogP contribution in [0.25, 0.3) is 0 Å². The molecule has 0 amide bonds. The Balaban J connectivity index is 3.00. The minimum absolute atomic E-state index is 0.173. The van der Waals surface area contributed by atoms with Crippen molar-refractivity contribution >= 4 is 33.3 Å².